The summed E-state index contributed by atoms with van der Waals surface area (Å²) in [5.41, 5.74) is 0.141. The molecule has 1 aromatic rings. The van der Waals surface area contributed by atoms with Crippen molar-refractivity contribution in [2.45, 2.75) is 165 Å². The molecule has 6 unspecified atom stereocenters. The summed E-state index contributed by atoms with van der Waals surface area (Å²) in [5, 5.41) is 81.7. The van der Waals surface area contributed by atoms with E-state index in [0.717, 1.165) is 19.3 Å². The van der Waals surface area contributed by atoms with Gasteiger partial charge >= 0.3 is 0 Å². The van der Waals surface area contributed by atoms with E-state index in [2.05, 4.69) is 35.0 Å². The minimum absolute atomic E-state index is 0.141. The smallest absolute Gasteiger partial charge is 0.251 e. The van der Waals surface area contributed by atoms with Gasteiger partial charge in [-0.25, -0.2) is 0 Å². The molecule has 19 nitrogen and oxygen atoms in total. The standard InChI is InChI=1S/C41H67N3O16/c1-6-7-8-9-10-11-12-13-14-18-55-28-17-15-16-27(19-28)39(54)44-32-35(51)34(50)30(21-46)58-41(32)60-37-31(22-47)59-40(33(36(37)52)42-25(4)48)57-23(2)29(20-45)56-24(3)38(53)43-26(5)49/h11-12,15-17,19,23-24,29-38,40-41,45-47,50-53H,6-10,13-14,18,20-22H2,1-5H3,(H,42,48)(H,43,49)(H,44,54)/b12-11-/t23?,24-,29?,30?,31-,32-,33?,34+,35+,36?,37+,38-,40+,41?/m0/s1. The van der Waals surface area contributed by atoms with E-state index in [4.69, 9.17) is 28.4 Å². The van der Waals surface area contributed by atoms with Gasteiger partial charge in [-0.1, -0.05) is 44.4 Å². The molecule has 0 saturated carbocycles. The lowest BCUT2D eigenvalue weighted by Crippen LogP contribution is -2.69. The Labute approximate surface area is 351 Å². The average molecular weight is 858 g/mol. The topological polar surface area (TPSA) is 284 Å². The maximum atomic E-state index is 13.6. The number of carbonyl (C=O) groups excluding carboxylic acids is 3. The van der Waals surface area contributed by atoms with Gasteiger partial charge in [-0.15, -0.1) is 0 Å². The Morgan fingerprint density at radius 1 is 0.817 bits per heavy atom. The molecule has 2 aliphatic heterocycles. The molecule has 0 aromatic heterocycles. The Balaban J connectivity index is 1.74. The molecular weight excluding hydrogens is 790 g/mol. The molecule has 19 heteroatoms. The Morgan fingerprint density at radius 3 is 2.12 bits per heavy atom. The molecule has 10 N–H and O–H groups in total. The van der Waals surface area contributed by atoms with E-state index in [1.807, 2.05) is 0 Å². The zero-order valence-corrected chi connectivity index (χ0v) is 35.1. The van der Waals surface area contributed by atoms with Gasteiger partial charge in [0.1, 0.15) is 60.6 Å². The van der Waals surface area contributed by atoms with Crippen molar-refractivity contribution in [3.63, 3.8) is 0 Å². The van der Waals surface area contributed by atoms with Crippen LogP contribution in [0.1, 0.15) is 89.9 Å². The molecule has 3 rings (SSSR count). The van der Waals surface area contributed by atoms with Crippen LogP contribution in [0.5, 0.6) is 5.75 Å². The lowest BCUT2D eigenvalue weighted by atomic mass is 9.94. The van der Waals surface area contributed by atoms with Crippen molar-refractivity contribution >= 4 is 17.7 Å². The van der Waals surface area contributed by atoms with Crippen molar-refractivity contribution < 1.29 is 78.6 Å². The fraction of sp³-hybridized carbons (Fsp3) is 0.732. The summed E-state index contributed by atoms with van der Waals surface area (Å²) in [6.45, 7) is 5.72. The molecule has 60 heavy (non-hydrogen) atoms. The fourth-order valence-corrected chi connectivity index (χ4v) is 6.80. The van der Waals surface area contributed by atoms with Crippen LogP contribution in [0.4, 0.5) is 0 Å². The van der Waals surface area contributed by atoms with Crippen LogP contribution in [0.15, 0.2) is 36.4 Å². The van der Waals surface area contributed by atoms with Crippen molar-refractivity contribution in [3.05, 3.63) is 42.0 Å². The maximum Gasteiger partial charge on any atom is 0.251 e. The predicted octanol–water partition coefficient (Wildman–Crippen LogP) is -0.497. The van der Waals surface area contributed by atoms with Gasteiger partial charge in [0.05, 0.1) is 38.6 Å². The number of rotatable bonds is 25. The number of ether oxygens (including phenoxy) is 6. The lowest BCUT2D eigenvalue weighted by Gasteiger charge is -2.48. The minimum Gasteiger partial charge on any atom is -0.494 e. The maximum absolute atomic E-state index is 13.6. The van der Waals surface area contributed by atoms with Crippen LogP contribution in [0.3, 0.4) is 0 Å². The number of hydrogen-bond donors (Lipinski definition) is 10. The number of hydrogen-bond acceptors (Lipinski definition) is 16. The molecule has 342 valence electrons. The van der Waals surface area contributed by atoms with Gasteiger partial charge in [-0.2, -0.15) is 0 Å². The van der Waals surface area contributed by atoms with Gasteiger partial charge in [-0.05, 0) is 57.7 Å². The highest BCUT2D eigenvalue weighted by atomic mass is 16.7. The Bertz CT molecular complexity index is 1470. The van der Waals surface area contributed by atoms with E-state index in [-0.39, 0.29) is 5.56 Å². The van der Waals surface area contributed by atoms with E-state index in [1.54, 1.807) is 12.1 Å². The predicted molar refractivity (Wildman–Crippen MR) is 214 cm³/mol. The number of benzene rings is 1. The van der Waals surface area contributed by atoms with Crippen molar-refractivity contribution in [2.24, 2.45) is 0 Å². The molecule has 2 saturated heterocycles. The zero-order valence-electron chi connectivity index (χ0n) is 35.1. The average Bonchev–Trinajstić information content (AvgIpc) is 3.21. The third kappa shape index (κ3) is 15.5. The van der Waals surface area contributed by atoms with Crippen LogP contribution < -0.4 is 20.7 Å². The van der Waals surface area contributed by atoms with Crippen LogP contribution in [0.25, 0.3) is 0 Å². The first-order valence-electron chi connectivity index (χ1n) is 20.7. The number of nitrogens with one attached hydrogen (secondary N) is 3. The molecule has 2 aliphatic rings. The Kier molecular flexibility index (Phi) is 22.3. The SMILES string of the molecule is CCCCCC/C=C\CCCOc1cccc(C(=O)N[C@@H]2C(O[C@H]3C(O)C(NC(C)=O)[C@H](OC(C)C(CO)O[C@@H](C)[C@H](O)NC(C)=O)O[C@H]3CO)OC(CO)[C@@H](O)[C@@H]2O)c1. The zero-order chi connectivity index (χ0) is 44.4. The molecule has 0 bridgehead atoms. The highest BCUT2D eigenvalue weighted by Crippen LogP contribution is 2.31. The van der Waals surface area contributed by atoms with E-state index >= 15 is 0 Å². The second-order valence-corrected chi connectivity index (χ2v) is 15.1. The molecule has 0 spiro atoms. The summed E-state index contributed by atoms with van der Waals surface area (Å²) in [4.78, 5) is 37.4. The molecule has 0 radical (unpaired) electrons. The van der Waals surface area contributed by atoms with E-state index < -0.39 is 123 Å². The van der Waals surface area contributed by atoms with E-state index in [9.17, 15) is 50.1 Å². The molecule has 2 heterocycles. The van der Waals surface area contributed by atoms with Crippen molar-refractivity contribution in [1.29, 1.82) is 0 Å². The van der Waals surface area contributed by atoms with Crippen LogP contribution in [0, 0.1) is 0 Å². The molecule has 1 aromatic carbocycles. The highest BCUT2D eigenvalue weighted by molar-refractivity contribution is 5.94. The first kappa shape index (κ1) is 51.0. The van der Waals surface area contributed by atoms with Gasteiger partial charge in [0.15, 0.2) is 18.8 Å². The van der Waals surface area contributed by atoms with Crippen molar-refractivity contribution in [2.75, 3.05) is 26.4 Å². The first-order chi connectivity index (χ1) is 28.6. The van der Waals surface area contributed by atoms with Gasteiger partial charge in [-0.3, -0.25) is 14.4 Å². The Hall–Kier alpha value is -3.31. The monoisotopic (exact) mass is 857 g/mol. The second-order valence-electron chi connectivity index (χ2n) is 15.1. The second kappa shape index (κ2) is 26.2. The molecule has 2 fully saturated rings. The van der Waals surface area contributed by atoms with Crippen LogP contribution >= 0.6 is 0 Å². The van der Waals surface area contributed by atoms with Crippen molar-refractivity contribution in [1.82, 2.24) is 16.0 Å². The molecule has 0 aliphatic carbocycles. The summed E-state index contributed by atoms with van der Waals surface area (Å²) in [6, 6.07) is 3.43. The van der Waals surface area contributed by atoms with Gasteiger partial charge in [0, 0.05) is 19.4 Å². The first-order valence-corrected chi connectivity index (χ1v) is 20.7. The van der Waals surface area contributed by atoms with Crippen molar-refractivity contribution in [3.8, 4) is 5.75 Å². The third-order valence-corrected chi connectivity index (χ3v) is 10.2. The summed E-state index contributed by atoms with van der Waals surface area (Å²) in [5.74, 6) is -1.42. The quantitative estimate of drug-likeness (QED) is 0.0337. The number of allylic oxidation sites excluding steroid dienone is 2. The number of aliphatic hydroxyl groups is 7. The van der Waals surface area contributed by atoms with E-state index in [1.165, 1.54) is 65.5 Å². The summed E-state index contributed by atoms with van der Waals surface area (Å²) in [6.07, 6.45) is -5.44. The summed E-state index contributed by atoms with van der Waals surface area (Å²) in [7, 11) is 0. The van der Waals surface area contributed by atoms with Crippen LogP contribution in [0.2, 0.25) is 0 Å². The normalized spacial score (nSPS) is 29.0. The van der Waals surface area contributed by atoms with Gasteiger partial charge in [0.2, 0.25) is 11.8 Å². The molecule has 14 atom stereocenters. The minimum atomic E-state index is -1.76. The van der Waals surface area contributed by atoms with Gasteiger partial charge < -0.3 is 80.1 Å². The Morgan fingerprint density at radius 2 is 1.48 bits per heavy atom. The van der Waals surface area contributed by atoms with E-state index in [0.29, 0.717) is 12.4 Å². The largest absolute Gasteiger partial charge is 0.494 e. The number of aliphatic hydroxyl groups excluding tert-OH is 7. The van der Waals surface area contributed by atoms with Gasteiger partial charge in [0.25, 0.3) is 5.91 Å². The highest BCUT2D eigenvalue weighted by Gasteiger charge is 2.52. The fourth-order valence-electron chi connectivity index (χ4n) is 6.80. The lowest BCUT2D eigenvalue weighted by molar-refractivity contribution is -0.338. The van der Waals surface area contributed by atoms with Crippen LogP contribution in [-0.4, -0.2) is 166 Å². The number of unbranched alkanes of at least 4 members (excludes halogenated alkanes) is 5. The third-order valence-electron chi connectivity index (χ3n) is 10.2. The van der Waals surface area contributed by atoms with Crippen LogP contribution in [-0.2, 0) is 33.3 Å². The molecule has 3 amide bonds. The molecular formula is C41H67N3O16. The summed E-state index contributed by atoms with van der Waals surface area (Å²) >= 11 is 0. The number of amides is 3. The number of carbonyl (C=O) groups is 3. The summed E-state index contributed by atoms with van der Waals surface area (Å²) < 4.78 is 35.5.